The molecule has 2 nitrogen and oxygen atoms in total. The summed E-state index contributed by atoms with van der Waals surface area (Å²) in [5.74, 6) is 0. The summed E-state index contributed by atoms with van der Waals surface area (Å²) in [7, 11) is 0. The van der Waals surface area contributed by atoms with Crippen molar-refractivity contribution in [1.82, 2.24) is 9.97 Å². The Morgan fingerprint density at radius 3 is 2.06 bits per heavy atom. The maximum Gasteiger partial charge on any atom is 0.0885 e. The van der Waals surface area contributed by atoms with Crippen molar-refractivity contribution in [3.8, 4) is 11.3 Å². The Balaban J connectivity index is 2.28. The van der Waals surface area contributed by atoms with E-state index in [9.17, 15) is 0 Å². The number of rotatable bonds is 2. The van der Waals surface area contributed by atoms with Crippen LogP contribution in [0.15, 0.2) is 36.7 Å². The average molecular weight is 240 g/mol. The number of hydrogen-bond acceptors (Lipinski definition) is 2. The number of aromatic nitrogens is 2. The summed E-state index contributed by atoms with van der Waals surface area (Å²) in [4.78, 5) is 8.83. The van der Waals surface area contributed by atoms with Gasteiger partial charge in [-0.3, -0.25) is 9.97 Å². The van der Waals surface area contributed by atoms with Gasteiger partial charge in [0.1, 0.15) is 0 Å². The molecule has 0 aliphatic carbocycles. The normalized spacial score (nSPS) is 11.6. The van der Waals surface area contributed by atoms with Crippen molar-refractivity contribution < 1.29 is 0 Å². The van der Waals surface area contributed by atoms with Gasteiger partial charge in [0.15, 0.2) is 0 Å². The van der Waals surface area contributed by atoms with Crippen LogP contribution in [0.3, 0.4) is 0 Å². The lowest BCUT2D eigenvalue weighted by molar-refractivity contribution is 0.590. The largest absolute Gasteiger partial charge is 0.257 e. The SMILES string of the molecule is CCc1cnc(-c2ccc(C(C)(C)C)cc2)cn1. The third-order valence-corrected chi connectivity index (χ3v) is 3.11. The lowest BCUT2D eigenvalue weighted by Gasteiger charge is -2.19. The molecule has 0 unspecified atom stereocenters. The molecule has 0 saturated heterocycles. The molecular formula is C16H20N2. The van der Waals surface area contributed by atoms with E-state index in [-0.39, 0.29) is 5.41 Å². The lowest BCUT2D eigenvalue weighted by Crippen LogP contribution is -2.10. The molecule has 0 aliphatic rings. The lowest BCUT2D eigenvalue weighted by atomic mass is 9.86. The second-order valence-electron chi connectivity index (χ2n) is 5.57. The molecule has 94 valence electrons. The molecule has 0 aliphatic heterocycles. The Hall–Kier alpha value is -1.70. The first-order chi connectivity index (χ1) is 8.50. The van der Waals surface area contributed by atoms with Crippen molar-refractivity contribution in [2.75, 3.05) is 0 Å². The van der Waals surface area contributed by atoms with E-state index >= 15 is 0 Å². The summed E-state index contributed by atoms with van der Waals surface area (Å²) < 4.78 is 0. The first-order valence-corrected chi connectivity index (χ1v) is 6.42. The van der Waals surface area contributed by atoms with Gasteiger partial charge in [-0.05, 0) is 17.4 Å². The van der Waals surface area contributed by atoms with Crippen LogP contribution in [-0.4, -0.2) is 9.97 Å². The van der Waals surface area contributed by atoms with Gasteiger partial charge >= 0.3 is 0 Å². The minimum absolute atomic E-state index is 0.191. The zero-order valence-corrected chi connectivity index (χ0v) is 11.6. The molecule has 0 spiro atoms. The van der Waals surface area contributed by atoms with Gasteiger partial charge in [0.05, 0.1) is 17.6 Å². The standard InChI is InChI=1S/C16H20N2/c1-5-14-10-18-15(11-17-14)12-6-8-13(9-7-12)16(2,3)4/h6-11H,5H2,1-4H3. The maximum absolute atomic E-state index is 4.45. The fourth-order valence-electron chi connectivity index (χ4n) is 1.83. The van der Waals surface area contributed by atoms with E-state index < -0.39 is 0 Å². The van der Waals surface area contributed by atoms with Crippen LogP contribution in [0.5, 0.6) is 0 Å². The Bertz CT molecular complexity index is 504. The van der Waals surface area contributed by atoms with Crippen LogP contribution in [0.1, 0.15) is 39.0 Å². The quantitative estimate of drug-likeness (QED) is 0.792. The van der Waals surface area contributed by atoms with Crippen molar-refractivity contribution in [3.63, 3.8) is 0 Å². The molecule has 1 aromatic carbocycles. The molecule has 1 aromatic heterocycles. The molecule has 2 rings (SSSR count). The predicted molar refractivity (Wildman–Crippen MR) is 75.5 cm³/mol. The first-order valence-electron chi connectivity index (χ1n) is 6.42. The van der Waals surface area contributed by atoms with Gasteiger partial charge in [0.2, 0.25) is 0 Å². The first kappa shape index (κ1) is 12.7. The van der Waals surface area contributed by atoms with Gasteiger partial charge < -0.3 is 0 Å². The Kier molecular flexibility index (Phi) is 3.46. The van der Waals surface area contributed by atoms with Gasteiger partial charge in [-0.25, -0.2) is 0 Å². The minimum atomic E-state index is 0.191. The van der Waals surface area contributed by atoms with E-state index in [1.54, 1.807) is 0 Å². The monoisotopic (exact) mass is 240 g/mol. The highest BCUT2D eigenvalue weighted by molar-refractivity contribution is 5.58. The fraction of sp³-hybridized carbons (Fsp3) is 0.375. The fourth-order valence-corrected chi connectivity index (χ4v) is 1.83. The van der Waals surface area contributed by atoms with E-state index in [1.807, 2.05) is 12.4 Å². The van der Waals surface area contributed by atoms with Gasteiger partial charge in [-0.2, -0.15) is 0 Å². The number of nitrogens with zero attached hydrogens (tertiary/aromatic N) is 2. The maximum atomic E-state index is 4.45. The molecule has 0 fully saturated rings. The summed E-state index contributed by atoms with van der Waals surface area (Å²) in [5, 5.41) is 0. The van der Waals surface area contributed by atoms with Gasteiger partial charge in [-0.15, -0.1) is 0 Å². The highest BCUT2D eigenvalue weighted by Crippen LogP contribution is 2.24. The van der Waals surface area contributed by atoms with Gasteiger partial charge in [0.25, 0.3) is 0 Å². The van der Waals surface area contributed by atoms with Crippen molar-refractivity contribution in [1.29, 1.82) is 0 Å². The van der Waals surface area contributed by atoms with Crippen LogP contribution in [0.2, 0.25) is 0 Å². The van der Waals surface area contributed by atoms with Crippen LogP contribution in [0, 0.1) is 0 Å². The topological polar surface area (TPSA) is 25.8 Å². The molecule has 2 heteroatoms. The van der Waals surface area contributed by atoms with E-state index in [2.05, 4.69) is 61.9 Å². The summed E-state index contributed by atoms with van der Waals surface area (Å²) in [6.45, 7) is 8.75. The second-order valence-corrected chi connectivity index (χ2v) is 5.57. The molecule has 0 saturated carbocycles. The summed E-state index contributed by atoms with van der Waals surface area (Å²) in [6.07, 6.45) is 4.63. The molecule has 18 heavy (non-hydrogen) atoms. The van der Waals surface area contributed by atoms with Crippen LogP contribution < -0.4 is 0 Å². The third kappa shape index (κ3) is 2.76. The van der Waals surface area contributed by atoms with Crippen LogP contribution >= 0.6 is 0 Å². The number of aryl methyl sites for hydroxylation is 1. The Morgan fingerprint density at radius 1 is 0.944 bits per heavy atom. The molecule has 0 amide bonds. The summed E-state index contributed by atoms with van der Waals surface area (Å²) in [6, 6.07) is 8.59. The molecule has 0 radical (unpaired) electrons. The molecule has 1 heterocycles. The smallest absolute Gasteiger partial charge is 0.0885 e. The molecule has 0 N–H and O–H groups in total. The zero-order chi connectivity index (χ0) is 13.2. The van der Waals surface area contributed by atoms with E-state index in [1.165, 1.54) is 5.56 Å². The highest BCUT2D eigenvalue weighted by Gasteiger charge is 2.13. The second kappa shape index (κ2) is 4.89. The van der Waals surface area contributed by atoms with E-state index in [4.69, 9.17) is 0 Å². The molecule has 0 atom stereocenters. The van der Waals surface area contributed by atoms with Crippen molar-refractivity contribution in [3.05, 3.63) is 47.9 Å². The van der Waals surface area contributed by atoms with Crippen molar-refractivity contribution >= 4 is 0 Å². The van der Waals surface area contributed by atoms with E-state index in [0.29, 0.717) is 0 Å². The minimum Gasteiger partial charge on any atom is -0.257 e. The van der Waals surface area contributed by atoms with Crippen molar-refractivity contribution in [2.24, 2.45) is 0 Å². The van der Waals surface area contributed by atoms with Gasteiger partial charge in [-0.1, -0.05) is 52.0 Å². The highest BCUT2D eigenvalue weighted by atomic mass is 14.8. The van der Waals surface area contributed by atoms with Crippen LogP contribution in [0.4, 0.5) is 0 Å². The van der Waals surface area contributed by atoms with Crippen LogP contribution in [0.25, 0.3) is 11.3 Å². The summed E-state index contributed by atoms with van der Waals surface area (Å²) in [5.41, 5.74) is 4.62. The van der Waals surface area contributed by atoms with Gasteiger partial charge in [0, 0.05) is 11.8 Å². The third-order valence-electron chi connectivity index (χ3n) is 3.11. The molecule has 0 bridgehead atoms. The Labute approximate surface area is 109 Å². The number of hydrogen-bond donors (Lipinski definition) is 0. The van der Waals surface area contributed by atoms with Crippen molar-refractivity contribution in [2.45, 2.75) is 39.5 Å². The molecule has 2 aromatic rings. The van der Waals surface area contributed by atoms with E-state index in [0.717, 1.165) is 23.4 Å². The van der Waals surface area contributed by atoms with Crippen LogP contribution in [-0.2, 0) is 11.8 Å². The molecular weight excluding hydrogens is 220 g/mol. The zero-order valence-electron chi connectivity index (χ0n) is 11.6. The predicted octanol–water partition coefficient (Wildman–Crippen LogP) is 4.00. The average Bonchev–Trinajstić information content (AvgIpc) is 2.38. The number of benzene rings is 1. The Morgan fingerprint density at radius 2 is 1.61 bits per heavy atom. The summed E-state index contributed by atoms with van der Waals surface area (Å²) >= 11 is 0.